The highest BCUT2D eigenvalue weighted by atomic mass is 35.5. The number of hydrogen-bond donors (Lipinski definition) is 1. The average Bonchev–Trinajstić information content (AvgIpc) is 2.82. The van der Waals surface area contributed by atoms with Crippen molar-refractivity contribution in [2.24, 2.45) is 0 Å². The minimum absolute atomic E-state index is 0. The van der Waals surface area contributed by atoms with E-state index in [4.69, 9.17) is 0 Å². The van der Waals surface area contributed by atoms with Gasteiger partial charge in [-0.3, -0.25) is 4.90 Å². The largest absolute Gasteiger partial charge is 0.586 e. The third-order valence-corrected chi connectivity index (χ3v) is 4.11. The number of ether oxygens (including phenoxy) is 2. The molecule has 0 amide bonds. The number of rotatable bonds is 4. The number of benzene rings is 1. The Balaban J connectivity index is 0.00000169. The standard InChI is InChI=1S/C15H17F5N2O2.2ClH/c16-14(17,18)5-4-11(22-8-6-21-7-9-22)10-2-1-3-12-13(10)24-15(19,20)23-12;;/h1-3,11,21H,4-9H2;2*1H/t11-;;/m0../s1. The summed E-state index contributed by atoms with van der Waals surface area (Å²) in [6.45, 7) is 2.32. The Labute approximate surface area is 159 Å². The van der Waals surface area contributed by atoms with Gasteiger partial charge in [-0.05, 0) is 12.5 Å². The van der Waals surface area contributed by atoms with E-state index >= 15 is 0 Å². The van der Waals surface area contributed by atoms with Crippen LogP contribution in [0.1, 0.15) is 24.4 Å². The van der Waals surface area contributed by atoms with Crippen LogP contribution in [0.15, 0.2) is 18.2 Å². The molecule has 26 heavy (non-hydrogen) atoms. The second-order valence-corrected chi connectivity index (χ2v) is 5.80. The molecule has 0 unspecified atom stereocenters. The average molecular weight is 425 g/mol. The van der Waals surface area contributed by atoms with E-state index in [1.807, 2.05) is 4.90 Å². The number of para-hydroxylation sites is 1. The van der Waals surface area contributed by atoms with Crippen LogP contribution in [0.5, 0.6) is 11.5 Å². The second kappa shape index (κ2) is 8.77. The summed E-state index contributed by atoms with van der Waals surface area (Å²) in [6, 6.07) is 3.66. The lowest BCUT2D eigenvalue weighted by Crippen LogP contribution is -2.45. The summed E-state index contributed by atoms with van der Waals surface area (Å²) >= 11 is 0. The van der Waals surface area contributed by atoms with Crippen molar-refractivity contribution in [2.75, 3.05) is 26.2 Å². The minimum Gasteiger partial charge on any atom is -0.395 e. The third-order valence-electron chi connectivity index (χ3n) is 4.11. The van der Waals surface area contributed by atoms with Crippen LogP contribution in [0.25, 0.3) is 0 Å². The van der Waals surface area contributed by atoms with Crippen LogP contribution in [0.3, 0.4) is 0 Å². The van der Waals surface area contributed by atoms with E-state index in [0.29, 0.717) is 31.7 Å². The summed E-state index contributed by atoms with van der Waals surface area (Å²) in [7, 11) is 0. The van der Waals surface area contributed by atoms with Gasteiger partial charge in [0.1, 0.15) is 0 Å². The first kappa shape index (κ1) is 23.0. The lowest BCUT2D eigenvalue weighted by Gasteiger charge is -2.35. The highest BCUT2D eigenvalue weighted by molar-refractivity contribution is 5.85. The van der Waals surface area contributed by atoms with E-state index in [-0.39, 0.29) is 42.7 Å². The number of fused-ring (bicyclic) bond motifs is 1. The van der Waals surface area contributed by atoms with Crippen molar-refractivity contribution in [3.63, 3.8) is 0 Å². The molecular formula is C15H19Cl2F5N2O2. The second-order valence-electron chi connectivity index (χ2n) is 5.80. The van der Waals surface area contributed by atoms with Gasteiger partial charge in [-0.1, -0.05) is 12.1 Å². The van der Waals surface area contributed by atoms with Crippen LogP contribution in [0, 0.1) is 0 Å². The first-order chi connectivity index (χ1) is 11.3. The summed E-state index contributed by atoms with van der Waals surface area (Å²) in [6.07, 6.45) is -9.33. The van der Waals surface area contributed by atoms with Gasteiger partial charge in [-0.25, -0.2) is 0 Å². The Bertz CT molecular complexity index is 598. The molecule has 0 radical (unpaired) electrons. The van der Waals surface area contributed by atoms with Crippen LogP contribution in [0.2, 0.25) is 0 Å². The molecule has 1 aromatic rings. The van der Waals surface area contributed by atoms with E-state index in [2.05, 4.69) is 14.8 Å². The van der Waals surface area contributed by atoms with Crippen LogP contribution >= 0.6 is 24.8 Å². The van der Waals surface area contributed by atoms with Gasteiger partial charge in [0.25, 0.3) is 0 Å². The molecule has 1 fully saturated rings. The van der Waals surface area contributed by atoms with E-state index < -0.39 is 24.9 Å². The van der Waals surface area contributed by atoms with E-state index in [0.717, 1.165) is 0 Å². The molecule has 1 N–H and O–H groups in total. The van der Waals surface area contributed by atoms with Gasteiger partial charge < -0.3 is 14.8 Å². The van der Waals surface area contributed by atoms with Gasteiger partial charge >= 0.3 is 12.5 Å². The quantitative estimate of drug-likeness (QED) is 0.736. The summed E-state index contributed by atoms with van der Waals surface area (Å²) in [5.41, 5.74) is 0.302. The summed E-state index contributed by atoms with van der Waals surface area (Å²) in [5.74, 6) is -0.321. The molecule has 2 heterocycles. The van der Waals surface area contributed by atoms with Crippen molar-refractivity contribution in [2.45, 2.75) is 31.4 Å². The van der Waals surface area contributed by atoms with Crippen LogP contribution < -0.4 is 14.8 Å². The van der Waals surface area contributed by atoms with Crippen molar-refractivity contribution in [3.8, 4) is 11.5 Å². The first-order valence-electron chi connectivity index (χ1n) is 7.65. The highest BCUT2D eigenvalue weighted by Gasteiger charge is 2.45. The fraction of sp³-hybridized carbons (Fsp3) is 0.600. The predicted octanol–water partition coefficient (Wildman–Crippen LogP) is 4.14. The van der Waals surface area contributed by atoms with Gasteiger partial charge in [-0.15, -0.1) is 33.6 Å². The maximum atomic E-state index is 13.3. The zero-order valence-electron chi connectivity index (χ0n) is 13.5. The van der Waals surface area contributed by atoms with Crippen molar-refractivity contribution in [3.05, 3.63) is 23.8 Å². The first-order valence-corrected chi connectivity index (χ1v) is 7.65. The lowest BCUT2D eigenvalue weighted by molar-refractivity contribution is -0.287. The van der Waals surface area contributed by atoms with Gasteiger partial charge in [0.05, 0.1) is 0 Å². The molecule has 1 saturated heterocycles. The smallest absolute Gasteiger partial charge is 0.395 e. The number of piperazine rings is 1. The Morgan fingerprint density at radius 2 is 1.77 bits per heavy atom. The molecule has 3 rings (SSSR count). The molecular weight excluding hydrogens is 406 g/mol. The van der Waals surface area contributed by atoms with Gasteiger partial charge in [0.2, 0.25) is 0 Å². The third kappa shape index (κ3) is 5.48. The zero-order valence-corrected chi connectivity index (χ0v) is 15.2. The topological polar surface area (TPSA) is 33.7 Å². The zero-order chi connectivity index (χ0) is 17.4. The fourth-order valence-electron chi connectivity index (χ4n) is 3.08. The Kier molecular flexibility index (Phi) is 7.76. The van der Waals surface area contributed by atoms with Crippen molar-refractivity contribution in [1.82, 2.24) is 10.2 Å². The lowest BCUT2D eigenvalue weighted by atomic mass is 9.98. The van der Waals surface area contributed by atoms with Gasteiger partial charge in [-0.2, -0.15) is 13.2 Å². The molecule has 0 saturated carbocycles. The number of nitrogens with zero attached hydrogens (tertiary/aromatic N) is 1. The minimum atomic E-state index is -4.31. The van der Waals surface area contributed by atoms with Crippen LogP contribution in [0.4, 0.5) is 22.0 Å². The van der Waals surface area contributed by atoms with Crippen LogP contribution in [-0.4, -0.2) is 43.5 Å². The molecule has 1 atom stereocenters. The maximum absolute atomic E-state index is 13.3. The van der Waals surface area contributed by atoms with E-state index in [1.54, 1.807) is 0 Å². The molecule has 150 valence electrons. The van der Waals surface area contributed by atoms with Gasteiger partial charge in [0.15, 0.2) is 11.5 Å². The molecule has 0 spiro atoms. The van der Waals surface area contributed by atoms with Crippen molar-refractivity contribution < 1.29 is 31.4 Å². The van der Waals surface area contributed by atoms with E-state index in [9.17, 15) is 22.0 Å². The predicted molar refractivity (Wildman–Crippen MR) is 89.6 cm³/mol. The van der Waals surface area contributed by atoms with Crippen LogP contribution in [-0.2, 0) is 0 Å². The summed E-state index contributed by atoms with van der Waals surface area (Å²) in [4.78, 5) is 1.86. The molecule has 0 bridgehead atoms. The van der Waals surface area contributed by atoms with E-state index in [1.165, 1.54) is 18.2 Å². The normalized spacial score (nSPS) is 20.0. The maximum Gasteiger partial charge on any atom is 0.586 e. The summed E-state index contributed by atoms with van der Waals surface area (Å²) in [5, 5.41) is 3.12. The molecule has 2 aliphatic rings. The highest BCUT2D eigenvalue weighted by Crippen LogP contribution is 2.47. The Morgan fingerprint density at radius 1 is 1.12 bits per heavy atom. The number of nitrogens with one attached hydrogen (secondary N) is 1. The number of alkyl halides is 5. The molecule has 0 aromatic heterocycles. The summed E-state index contributed by atoms with van der Waals surface area (Å²) < 4.78 is 73.7. The van der Waals surface area contributed by atoms with Crippen molar-refractivity contribution >= 4 is 24.8 Å². The Morgan fingerprint density at radius 3 is 2.38 bits per heavy atom. The van der Waals surface area contributed by atoms with Gasteiger partial charge in [0, 0.05) is 44.2 Å². The monoisotopic (exact) mass is 424 g/mol. The SMILES string of the molecule is Cl.Cl.FC(F)(F)CC[C@@H](c1cccc2c1OC(F)(F)O2)N1CCNCC1. The van der Waals surface area contributed by atoms with Crippen molar-refractivity contribution in [1.29, 1.82) is 0 Å². The number of halogens is 7. The molecule has 2 aliphatic heterocycles. The molecule has 0 aliphatic carbocycles. The molecule has 11 heteroatoms. The molecule has 1 aromatic carbocycles. The molecule has 4 nitrogen and oxygen atoms in total. The Hall–Kier alpha value is -1.03. The fourth-order valence-corrected chi connectivity index (χ4v) is 3.08. The number of hydrogen-bond acceptors (Lipinski definition) is 4.